The van der Waals surface area contributed by atoms with E-state index in [1.807, 2.05) is 0 Å². The van der Waals surface area contributed by atoms with E-state index < -0.39 is 5.97 Å². The van der Waals surface area contributed by atoms with Gasteiger partial charge in [0.25, 0.3) is 5.91 Å². The Hall–Kier alpha value is -1.82. The molecule has 0 aliphatic carbocycles. The van der Waals surface area contributed by atoms with Crippen LogP contribution >= 0.6 is 11.8 Å². The molecule has 1 aromatic rings. The molecular weight excluding hydrogens is 252 g/mol. The number of hydrogen-bond donors (Lipinski definition) is 1. The van der Waals surface area contributed by atoms with Crippen molar-refractivity contribution in [2.24, 2.45) is 11.0 Å². The second-order valence-corrected chi connectivity index (χ2v) is 5.16. The van der Waals surface area contributed by atoms with E-state index in [0.717, 1.165) is 17.2 Å². The number of benzene rings is 1. The van der Waals surface area contributed by atoms with Crippen LogP contribution in [0.15, 0.2) is 29.4 Å². The number of hydrazone groups is 1. The number of anilines is 1. The molecule has 0 saturated carbocycles. The summed E-state index contributed by atoms with van der Waals surface area (Å²) in [5, 5.41) is 14.6. The Kier molecular flexibility index (Phi) is 2.59. The number of para-hydroxylation sites is 1. The van der Waals surface area contributed by atoms with Gasteiger partial charge in [-0.3, -0.25) is 4.79 Å². The standard InChI is InChI=1S/C12H10N2O3S/c15-11-8-5-18-6-9(8)13-14(11)10-4-2-1-3-7(10)12(16)17/h1-4,8H,5-6H2,(H,16,17). The van der Waals surface area contributed by atoms with Crippen molar-refractivity contribution in [1.29, 1.82) is 0 Å². The van der Waals surface area contributed by atoms with Crippen molar-refractivity contribution < 1.29 is 14.7 Å². The van der Waals surface area contributed by atoms with Crippen molar-refractivity contribution in [3.05, 3.63) is 29.8 Å². The molecule has 6 heteroatoms. The molecule has 0 spiro atoms. The van der Waals surface area contributed by atoms with Crippen LogP contribution in [0.5, 0.6) is 0 Å². The topological polar surface area (TPSA) is 70.0 Å². The van der Waals surface area contributed by atoms with Crippen LogP contribution in [0, 0.1) is 5.92 Å². The number of nitrogens with zero attached hydrogens (tertiary/aromatic N) is 2. The minimum Gasteiger partial charge on any atom is -0.478 e. The van der Waals surface area contributed by atoms with Crippen LogP contribution in [0.1, 0.15) is 10.4 Å². The monoisotopic (exact) mass is 262 g/mol. The smallest absolute Gasteiger partial charge is 0.337 e. The van der Waals surface area contributed by atoms with Gasteiger partial charge in [-0.25, -0.2) is 4.79 Å². The van der Waals surface area contributed by atoms with Gasteiger partial charge in [-0.2, -0.15) is 21.9 Å². The second kappa shape index (κ2) is 4.13. The average molecular weight is 262 g/mol. The molecule has 0 bridgehead atoms. The number of amides is 1. The maximum absolute atomic E-state index is 12.2. The highest BCUT2D eigenvalue weighted by molar-refractivity contribution is 8.00. The molecule has 1 fully saturated rings. The van der Waals surface area contributed by atoms with Crippen molar-refractivity contribution in [3.8, 4) is 0 Å². The molecule has 2 aliphatic heterocycles. The Morgan fingerprint density at radius 1 is 1.44 bits per heavy atom. The third-order valence-corrected chi connectivity index (χ3v) is 4.10. The SMILES string of the molecule is O=C(O)c1ccccc1N1N=C2CSCC2C1=O. The van der Waals surface area contributed by atoms with Gasteiger partial charge in [0.15, 0.2) is 0 Å². The first kappa shape index (κ1) is 11.3. The zero-order valence-electron chi connectivity index (χ0n) is 9.37. The molecule has 2 aliphatic rings. The number of fused-ring (bicyclic) bond motifs is 1. The van der Waals surface area contributed by atoms with Crippen LogP contribution in [-0.4, -0.2) is 34.2 Å². The van der Waals surface area contributed by atoms with E-state index in [9.17, 15) is 9.59 Å². The summed E-state index contributed by atoms with van der Waals surface area (Å²) in [7, 11) is 0. The molecule has 5 nitrogen and oxygen atoms in total. The Morgan fingerprint density at radius 3 is 2.94 bits per heavy atom. The van der Waals surface area contributed by atoms with E-state index in [2.05, 4.69) is 5.10 Å². The number of rotatable bonds is 2. The number of hydrogen-bond acceptors (Lipinski definition) is 4. The lowest BCUT2D eigenvalue weighted by molar-refractivity contribution is -0.119. The van der Waals surface area contributed by atoms with Crippen molar-refractivity contribution in [2.75, 3.05) is 16.5 Å². The molecule has 0 aromatic heterocycles. The Balaban J connectivity index is 2.04. The van der Waals surface area contributed by atoms with Gasteiger partial charge in [-0.15, -0.1) is 0 Å². The fraction of sp³-hybridized carbons (Fsp3) is 0.250. The molecule has 3 rings (SSSR count). The van der Waals surface area contributed by atoms with Crippen molar-refractivity contribution >= 4 is 35.0 Å². The van der Waals surface area contributed by atoms with Gasteiger partial charge in [-0.05, 0) is 12.1 Å². The van der Waals surface area contributed by atoms with Crippen LogP contribution in [0.2, 0.25) is 0 Å². The first-order chi connectivity index (χ1) is 8.68. The summed E-state index contributed by atoms with van der Waals surface area (Å²) in [5.41, 5.74) is 1.30. The molecule has 1 saturated heterocycles. The normalized spacial score (nSPS) is 22.0. The summed E-state index contributed by atoms with van der Waals surface area (Å²) < 4.78 is 0. The summed E-state index contributed by atoms with van der Waals surface area (Å²) in [4.78, 5) is 23.3. The number of carboxylic acids is 1. The lowest BCUT2D eigenvalue weighted by Crippen LogP contribution is -2.28. The van der Waals surface area contributed by atoms with E-state index in [4.69, 9.17) is 5.11 Å². The van der Waals surface area contributed by atoms with Gasteiger partial charge in [0.2, 0.25) is 0 Å². The average Bonchev–Trinajstić information content (AvgIpc) is 2.93. The molecule has 1 unspecified atom stereocenters. The van der Waals surface area contributed by atoms with Crippen LogP contribution in [0.3, 0.4) is 0 Å². The zero-order chi connectivity index (χ0) is 12.7. The maximum Gasteiger partial charge on any atom is 0.337 e. The number of carbonyl (C=O) groups excluding carboxylic acids is 1. The van der Waals surface area contributed by atoms with Crippen LogP contribution in [-0.2, 0) is 4.79 Å². The molecule has 1 aromatic carbocycles. The van der Waals surface area contributed by atoms with E-state index in [1.165, 1.54) is 11.1 Å². The second-order valence-electron chi connectivity index (χ2n) is 4.13. The number of carbonyl (C=O) groups is 2. The van der Waals surface area contributed by atoms with Gasteiger partial charge >= 0.3 is 5.97 Å². The molecule has 2 heterocycles. The van der Waals surface area contributed by atoms with E-state index in [0.29, 0.717) is 5.69 Å². The third kappa shape index (κ3) is 1.60. The predicted octanol–water partition coefficient (Wildman–Crippen LogP) is 1.45. The number of thioether (sulfide) groups is 1. The third-order valence-electron chi connectivity index (χ3n) is 3.03. The Labute approximate surface area is 107 Å². The lowest BCUT2D eigenvalue weighted by atomic mass is 10.1. The van der Waals surface area contributed by atoms with Crippen LogP contribution in [0.25, 0.3) is 0 Å². The van der Waals surface area contributed by atoms with Gasteiger partial charge < -0.3 is 5.11 Å². The molecule has 0 radical (unpaired) electrons. The molecule has 1 N–H and O–H groups in total. The minimum atomic E-state index is -1.05. The summed E-state index contributed by atoms with van der Waals surface area (Å²) >= 11 is 1.68. The number of carboxylic acid groups (broad SMARTS) is 1. The van der Waals surface area contributed by atoms with E-state index in [-0.39, 0.29) is 17.4 Å². The van der Waals surface area contributed by atoms with E-state index in [1.54, 1.807) is 30.0 Å². The molecular formula is C12H10N2O3S. The predicted molar refractivity (Wildman–Crippen MR) is 69.1 cm³/mol. The molecule has 1 atom stereocenters. The van der Waals surface area contributed by atoms with Gasteiger partial charge in [0.05, 0.1) is 22.9 Å². The van der Waals surface area contributed by atoms with Gasteiger partial charge in [-0.1, -0.05) is 12.1 Å². The minimum absolute atomic E-state index is 0.0998. The summed E-state index contributed by atoms with van der Waals surface area (Å²) in [6.45, 7) is 0. The highest BCUT2D eigenvalue weighted by Gasteiger charge is 2.40. The van der Waals surface area contributed by atoms with E-state index >= 15 is 0 Å². The lowest BCUT2D eigenvalue weighted by Gasteiger charge is -2.15. The summed E-state index contributed by atoms with van der Waals surface area (Å²) in [6, 6.07) is 6.43. The van der Waals surface area contributed by atoms with Crippen LogP contribution < -0.4 is 5.01 Å². The highest BCUT2D eigenvalue weighted by Crippen LogP contribution is 2.33. The molecule has 18 heavy (non-hydrogen) atoms. The Morgan fingerprint density at radius 2 is 2.22 bits per heavy atom. The highest BCUT2D eigenvalue weighted by atomic mass is 32.2. The molecule has 92 valence electrons. The summed E-state index contributed by atoms with van der Waals surface area (Å²) in [5.74, 6) is 0.150. The summed E-state index contributed by atoms with van der Waals surface area (Å²) in [6.07, 6.45) is 0. The fourth-order valence-corrected chi connectivity index (χ4v) is 3.28. The Bertz CT molecular complexity index is 570. The number of aromatic carboxylic acids is 1. The zero-order valence-corrected chi connectivity index (χ0v) is 10.2. The van der Waals surface area contributed by atoms with Crippen molar-refractivity contribution in [2.45, 2.75) is 0 Å². The van der Waals surface area contributed by atoms with Gasteiger partial charge in [0, 0.05) is 11.5 Å². The van der Waals surface area contributed by atoms with Gasteiger partial charge in [0.1, 0.15) is 0 Å². The molecule has 1 amide bonds. The fourth-order valence-electron chi connectivity index (χ4n) is 2.13. The quantitative estimate of drug-likeness (QED) is 0.875. The maximum atomic E-state index is 12.2. The van der Waals surface area contributed by atoms with Crippen LogP contribution in [0.4, 0.5) is 5.69 Å². The largest absolute Gasteiger partial charge is 0.478 e. The first-order valence-corrected chi connectivity index (χ1v) is 6.65. The first-order valence-electron chi connectivity index (χ1n) is 5.50. The van der Waals surface area contributed by atoms with Crippen molar-refractivity contribution in [1.82, 2.24) is 0 Å². The van der Waals surface area contributed by atoms with Crippen molar-refractivity contribution in [3.63, 3.8) is 0 Å².